The van der Waals surface area contributed by atoms with E-state index in [1.165, 1.54) is 12.1 Å². The lowest BCUT2D eigenvalue weighted by Gasteiger charge is -2.32. The number of hydrogen-bond donors (Lipinski definition) is 2. The Morgan fingerprint density at radius 2 is 2.00 bits per heavy atom. The maximum atomic E-state index is 13.2. The first-order valence-electron chi connectivity index (χ1n) is 8.71. The zero-order valence-corrected chi connectivity index (χ0v) is 13.9. The Morgan fingerprint density at radius 3 is 2.84 bits per heavy atom. The molecule has 0 saturated carbocycles. The summed E-state index contributed by atoms with van der Waals surface area (Å²) in [7, 11) is 0. The number of ether oxygens (including phenoxy) is 1. The van der Waals surface area contributed by atoms with Gasteiger partial charge in [0.2, 0.25) is 0 Å². The maximum absolute atomic E-state index is 13.2. The number of carbonyl (C=O) groups is 1. The molecule has 0 radical (unpaired) electrons. The number of nitrogens with one attached hydrogen (secondary N) is 2. The van der Waals surface area contributed by atoms with Crippen molar-refractivity contribution in [3.63, 3.8) is 0 Å². The van der Waals surface area contributed by atoms with Gasteiger partial charge in [-0.1, -0.05) is 18.2 Å². The molecule has 1 fully saturated rings. The second-order valence-corrected chi connectivity index (χ2v) is 6.72. The minimum Gasteiger partial charge on any atom is -0.493 e. The number of benzene rings is 2. The SMILES string of the molecule is O=C1NCc2ccc(OC[C@@H]3CNCC[C@H]3c3ccc(F)cc3)cc21. The molecule has 4 nitrogen and oxygen atoms in total. The van der Waals surface area contributed by atoms with E-state index in [4.69, 9.17) is 4.74 Å². The van der Waals surface area contributed by atoms with Crippen molar-refractivity contribution in [1.82, 2.24) is 10.6 Å². The largest absolute Gasteiger partial charge is 0.493 e. The minimum atomic E-state index is -0.207. The van der Waals surface area contributed by atoms with Gasteiger partial charge in [-0.2, -0.15) is 0 Å². The fraction of sp³-hybridized carbons (Fsp3) is 0.350. The van der Waals surface area contributed by atoms with Gasteiger partial charge in [-0.25, -0.2) is 4.39 Å². The van der Waals surface area contributed by atoms with Crippen molar-refractivity contribution in [2.75, 3.05) is 19.7 Å². The van der Waals surface area contributed by atoms with Gasteiger partial charge in [0, 0.05) is 24.6 Å². The molecule has 5 heteroatoms. The van der Waals surface area contributed by atoms with Gasteiger partial charge in [-0.05, 0) is 54.3 Å². The van der Waals surface area contributed by atoms with Crippen molar-refractivity contribution in [2.24, 2.45) is 5.92 Å². The first-order chi connectivity index (χ1) is 12.2. The normalized spacial score (nSPS) is 22.4. The molecule has 25 heavy (non-hydrogen) atoms. The zero-order chi connectivity index (χ0) is 17.2. The second kappa shape index (κ2) is 6.84. The number of carbonyl (C=O) groups excluding carboxylic acids is 1. The van der Waals surface area contributed by atoms with Crippen LogP contribution in [-0.4, -0.2) is 25.6 Å². The van der Waals surface area contributed by atoms with Gasteiger partial charge in [0.1, 0.15) is 11.6 Å². The van der Waals surface area contributed by atoms with E-state index < -0.39 is 0 Å². The number of halogens is 1. The van der Waals surface area contributed by atoms with Crippen molar-refractivity contribution in [3.8, 4) is 5.75 Å². The van der Waals surface area contributed by atoms with E-state index in [-0.39, 0.29) is 11.7 Å². The van der Waals surface area contributed by atoms with E-state index in [0.717, 1.165) is 36.4 Å². The Labute approximate surface area is 146 Å². The number of amides is 1. The van der Waals surface area contributed by atoms with Crippen LogP contribution in [0.15, 0.2) is 42.5 Å². The Balaban J connectivity index is 1.46. The van der Waals surface area contributed by atoms with E-state index >= 15 is 0 Å². The van der Waals surface area contributed by atoms with Crippen LogP contribution in [0.2, 0.25) is 0 Å². The molecule has 1 saturated heterocycles. The van der Waals surface area contributed by atoms with Crippen LogP contribution in [0.5, 0.6) is 5.75 Å². The third-order valence-corrected chi connectivity index (χ3v) is 5.14. The molecule has 2 aliphatic rings. The summed E-state index contributed by atoms with van der Waals surface area (Å²) in [6.45, 7) is 2.98. The highest BCUT2D eigenvalue weighted by atomic mass is 19.1. The van der Waals surface area contributed by atoms with Crippen LogP contribution < -0.4 is 15.4 Å². The third kappa shape index (κ3) is 3.37. The van der Waals surface area contributed by atoms with Gasteiger partial charge < -0.3 is 15.4 Å². The Hall–Kier alpha value is -2.40. The van der Waals surface area contributed by atoms with Crippen LogP contribution in [0.25, 0.3) is 0 Å². The summed E-state index contributed by atoms with van der Waals surface area (Å²) in [5, 5.41) is 6.23. The highest BCUT2D eigenvalue weighted by Crippen LogP contribution is 2.31. The molecule has 0 spiro atoms. The van der Waals surface area contributed by atoms with Crippen LogP contribution in [0, 0.1) is 11.7 Å². The average molecular weight is 340 g/mol. The predicted octanol–water partition coefficient (Wildman–Crippen LogP) is 2.84. The molecule has 0 aromatic heterocycles. The molecule has 4 rings (SSSR count). The summed E-state index contributed by atoms with van der Waals surface area (Å²) >= 11 is 0. The third-order valence-electron chi connectivity index (χ3n) is 5.14. The van der Waals surface area contributed by atoms with E-state index in [1.807, 2.05) is 30.3 Å². The molecule has 1 amide bonds. The van der Waals surface area contributed by atoms with E-state index in [9.17, 15) is 9.18 Å². The van der Waals surface area contributed by atoms with E-state index in [2.05, 4.69) is 10.6 Å². The molecule has 2 aromatic carbocycles. The highest BCUT2D eigenvalue weighted by molar-refractivity contribution is 5.98. The summed E-state index contributed by atoms with van der Waals surface area (Å²) in [6, 6.07) is 12.5. The van der Waals surface area contributed by atoms with Crippen molar-refractivity contribution in [2.45, 2.75) is 18.9 Å². The molecule has 130 valence electrons. The molecule has 0 unspecified atom stereocenters. The number of piperidine rings is 1. The van der Waals surface area contributed by atoms with Gasteiger partial charge in [0.15, 0.2) is 0 Å². The van der Waals surface area contributed by atoms with Crippen LogP contribution in [0.4, 0.5) is 4.39 Å². The van der Waals surface area contributed by atoms with Gasteiger partial charge in [-0.3, -0.25) is 4.79 Å². The van der Waals surface area contributed by atoms with E-state index in [0.29, 0.717) is 30.6 Å². The van der Waals surface area contributed by atoms with Crippen LogP contribution in [-0.2, 0) is 6.54 Å². The summed E-state index contributed by atoms with van der Waals surface area (Å²) in [5.74, 6) is 1.13. The molecule has 2 N–H and O–H groups in total. The number of hydrogen-bond acceptors (Lipinski definition) is 3. The van der Waals surface area contributed by atoms with E-state index in [1.54, 1.807) is 0 Å². The predicted molar refractivity (Wildman–Crippen MR) is 93.2 cm³/mol. The van der Waals surface area contributed by atoms with Crippen LogP contribution in [0.1, 0.15) is 33.8 Å². The Bertz CT molecular complexity index is 776. The molecular weight excluding hydrogens is 319 g/mol. The zero-order valence-electron chi connectivity index (χ0n) is 13.9. The van der Waals surface area contributed by atoms with Gasteiger partial charge in [-0.15, -0.1) is 0 Å². The second-order valence-electron chi connectivity index (χ2n) is 6.72. The molecule has 0 bridgehead atoms. The lowest BCUT2D eigenvalue weighted by Crippen LogP contribution is -2.38. The molecule has 2 aromatic rings. The van der Waals surface area contributed by atoms with Crippen molar-refractivity contribution in [3.05, 3.63) is 65.0 Å². The average Bonchev–Trinajstić information content (AvgIpc) is 3.02. The minimum absolute atomic E-state index is 0.0380. The standard InChI is InChI=1S/C20H21FN2O2/c21-16-4-1-13(2-5-16)18-7-8-22-10-15(18)12-25-17-6-3-14-11-23-20(24)19(14)9-17/h1-6,9,15,18,22H,7-8,10-12H2,(H,23,24)/t15-,18-/m0/s1. The highest BCUT2D eigenvalue weighted by Gasteiger charge is 2.27. The lowest BCUT2D eigenvalue weighted by molar-refractivity contribution is 0.0965. The molecular formula is C20H21FN2O2. The topological polar surface area (TPSA) is 50.4 Å². The number of fused-ring (bicyclic) bond motifs is 1. The summed E-state index contributed by atoms with van der Waals surface area (Å²) in [4.78, 5) is 11.8. The van der Waals surface area contributed by atoms with Gasteiger partial charge in [0.25, 0.3) is 5.91 Å². The molecule has 2 atom stereocenters. The first kappa shape index (κ1) is 16.1. The molecule has 0 aliphatic carbocycles. The smallest absolute Gasteiger partial charge is 0.252 e. The van der Waals surface area contributed by atoms with Gasteiger partial charge in [0.05, 0.1) is 6.61 Å². The summed E-state index contributed by atoms with van der Waals surface area (Å²) in [5.41, 5.74) is 2.88. The Morgan fingerprint density at radius 1 is 1.16 bits per heavy atom. The van der Waals surface area contributed by atoms with Crippen LogP contribution >= 0.6 is 0 Å². The first-order valence-corrected chi connectivity index (χ1v) is 8.71. The summed E-state index contributed by atoms with van der Waals surface area (Å²) in [6.07, 6.45) is 1.01. The van der Waals surface area contributed by atoms with Gasteiger partial charge >= 0.3 is 0 Å². The quantitative estimate of drug-likeness (QED) is 0.900. The lowest BCUT2D eigenvalue weighted by atomic mass is 9.81. The summed E-state index contributed by atoms with van der Waals surface area (Å²) < 4.78 is 19.2. The fourth-order valence-corrected chi connectivity index (χ4v) is 3.73. The Kier molecular flexibility index (Phi) is 4.40. The maximum Gasteiger partial charge on any atom is 0.252 e. The number of rotatable bonds is 4. The fourth-order valence-electron chi connectivity index (χ4n) is 3.73. The molecule has 2 heterocycles. The van der Waals surface area contributed by atoms with Crippen molar-refractivity contribution < 1.29 is 13.9 Å². The van der Waals surface area contributed by atoms with Crippen molar-refractivity contribution in [1.29, 1.82) is 0 Å². The van der Waals surface area contributed by atoms with Crippen molar-refractivity contribution >= 4 is 5.91 Å². The van der Waals surface area contributed by atoms with Crippen LogP contribution in [0.3, 0.4) is 0 Å². The molecule has 2 aliphatic heterocycles. The monoisotopic (exact) mass is 340 g/mol.